The fourth-order valence-electron chi connectivity index (χ4n) is 3.00. The Labute approximate surface area is 129 Å². The molecule has 22 heavy (non-hydrogen) atoms. The maximum atomic E-state index is 12.7. The summed E-state index contributed by atoms with van der Waals surface area (Å²) < 4.78 is 0. The van der Waals surface area contributed by atoms with Crippen molar-refractivity contribution in [1.82, 2.24) is 4.90 Å². The summed E-state index contributed by atoms with van der Waals surface area (Å²) >= 11 is 0. The zero-order valence-electron chi connectivity index (χ0n) is 12.2. The Balaban J connectivity index is 1.79. The molecular weight excluding hydrogens is 276 g/mol. The molecule has 0 bridgehead atoms. The van der Waals surface area contributed by atoms with Gasteiger partial charge in [-0.1, -0.05) is 42.5 Å². The van der Waals surface area contributed by atoms with Gasteiger partial charge in [0.15, 0.2) is 0 Å². The van der Waals surface area contributed by atoms with Crippen molar-refractivity contribution in [2.45, 2.75) is 12.3 Å². The Morgan fingerprint density at radius 3 is 2.27 bits per heavy atom. The van der Waals surface area contributed by atoms with Crippen LogP contribution < -0.4 is 5.73 Å². The summed E-state index contributed by atoms with van der Waals surface area (Å²) in [4.78, 5) is 26.0. The molecule has 1 atom stereocenters. The van der Waals surface area contributed by atoms with Gasteiger partial charge in [0.25, 0.3) is 5.91 Å². The molecule has 3 rings (SSSR count). The third-order valence-corrected chi connectivity index (χ3v) is 4.17. The van der Waals surface area contributed by atoms with Crippen molar-refractivity contribution in [2.24, 2.45) is 5.73 Å². The lowest BCUT2D eigenvalue weighted by Crippen LogP contribution is -2.30. The molecule has 112 valence electrons. The minimum absolute atomic E-state index is 0.118. The maximum absolute atomic E-state index is 12.7. The summed E-state index contributed by atoms with van der Waals surface area (Å²) in [5, 5.41) is 0. The van der Waals surface area contributed by atoms with Gasteiger partial charge < -0.3 is 10.6 Å². The molecule has 2 aromatic rings. The lowest BCUT2D eigenvalue weighted by atomic mass is 9.99. The van der Waals surface area contributed by atoms with Crippen LogP contribution in [-0.2, 0) is 0 Å². The van der Waals surface area contributed by atoms with Crippen LogP contribution in [0.25, 0.3) is 0 Å². The van der Waals surface area contributed by atoms with Crippen molar-refractivity contribution in [3.63, 3.8) is 0 Å². The Hall–Kier alpha value is -2.62. The zero-order valence-corrected chi connectivity index (χ0v) is 12.2. The van der Waals surface area contributed by atoms with Gasteiger partial charge in [0.1, 0.15) is 0 Å². The highest BCUT2D eigenvalue weighted by Crippen LogP contribution is 2.28. The van der Waals surface area contributed by atoms with Crippen LogP contribution in [0.15, 0.2) is 54.6 Å². The van der Waals surface area contributed by atoms with Crippen LogP contribution in [0.1, 0.15) is 38.6 Å². The zero-order chi connectivity index (χ0) is 15.5. The van der Waals surface area contributed by atoms with Gasteiger partial charge >= 0.3 is 0 Å². The molecule has 0 aromatic heterocycles. The molecule has 0 unspecified atom stereocenters. The Morgan fingerprint density at radius 1 is 0.955 bits per heavy atom. The van der Waals surface area contributed by atoms with Crippen molar-refractivity contribution in [1.29, 1.82) is 0 Å². The summed E-state index contributed by atoms with van der Waals surface area (Å²) in [5.41, 5.74) is 7.29. The number of carbonyl (C=O) groups is 2. The molecule has 0 aliphatic carbocycles. The van der Waals surface area contributed by atoms with Gasteiger partial charge in [0, 0.05) is 19.0 Å². The van der Waals surface area contributed by atoms with E-state index < -0.39 is 5.91 Å². The smallest absolute Gasteiger partial charge is 0.254 e. The highest BCUT2D eigenvalue weighted by Gasteiger charge is 2.29. The van der Waals surface area contributed by atoms with Crippen LogP contribution in [0.4, 0.5) is 0 Å². The summed E-state index contributed by atoms with van der Waals surface area (Å²) in [6.07, 6.45) is 0.939. The van der Waals surface area contributed by atoms with E-state index in [-0.39, 0.29) is 11.5 Å². The standard InChI is InChI=1S/C18H18N2O2/c19-17(21)15-8-4-5-9-16(15)18(22)20-11-10-14(12-20)13-6-2-1-3-7-13/h1-9,14H,10-12H2,(H2,19,21)/t14-/m1/s1. The van der Waals surface area contributed by atoms with Crippen LogP contribution in [0, 0.1) is 0 Å². The summed E-state index contributed by atoms with van der Waals surface area (Å²) in [7, 11) is 0. The minimum atomic E-state index is -0.567. The van der Waals surface area contributed by atoms with Crippen LogP contribution >= 0.6 is 0 Å². The van der Waals surface area contributed by atoms with Gasteiger partial charge in [0.2, 0.25) is 5.91 Å². The predicted molar refractivity (Wildman–Crippen MR) is 84.7 cm³/mol. The van der Waals surface area contributed by atoms with E-state index in [1.807, 2.05) is 18.2 Å². The highest BCUT2D eigenvalue weighted by molar-refractivity contribution is 6.06. The molecular formula is C18H18N2O2. The molecule has 1 heterocycles. The summed E-state index contributed by atoms with van der Waals surface area (Å²) in [6.45, 7) is 1.38. The first kappa shape index (κ1) is 14.3. The minimum Gasteiger partial charge on any atom is -0.366 e. The average molecular weight is 294 g/mol. The second kappa shape index (κ2) is 6.02. The number of carbonyl (C=O) groups excluding carboxylic acids is 2. The van der Waals surface area contributed by atoms with E-state index in [0.29, 0.717) is 24.6 Å². The largest absolute Gasteiger partial charge is 0.366 e. The molecule has 4 heteroatoms. The molecule has 0 saturated carbocycles. The van der Waals surface area contributed by atoms with Crippen LogP contribution in [0.3, 0.4) is 0 Å². The molecule has 2 amide bonds. The first-order valence-electron chi connectivity index (χ1n) is 7.40. The van der Waals surface area contributed by atoms with Crippen molar-refractivity contribution in [3.05, 3.63) is 71.3 Å². The fourth-order valence-corrected chi connectivity index (χ4v) is 3.00. The number of amides is 2. The van der Waals surface area contributed by atoms with E-state index >= 15 is 0 Å². The van der Waals surface area contributed by atoms with Gasteiger partial charge in [0.05, 0.1) is 11.1 Å². The number of hydrogen-bond donors (Lipinski definition) is 1. The lowest BCUT2D eigenvalue weighted by molar-refractivity contribution is 0.0785. The van der Waals surface area contributed by atoms with E-state index in [1.165, 1.54) is 5.56 Å². The Bertz CT molecular complexity index is 697. The third-order valence-electron chi connectivity index (χ3n) is 4.17. The van der Waals surface area contributed by atoms with Crippen LogP contribution in [0.2, 0.25) is 0 Å². The van der Waals surface area contributed by atoms with E-state index in [4.69, 9.17) is 5.73 Å². The van der Waals surface area contributed by atoms with Gasteiger partial charge in [-0.05, 0) is 24.1 Å². The Morgan fingerprint density at radius 2 is 1.59 bits per heavy atom. The molecule has 4 nitrogen and oxygen atoms in total. The predicted octanol–water partition coefficient (Wildman–Crippen LogP) is 2.42. The average Bonchev–Trinajstić information content (AvgIpc) is 3.05. The fraction of sp³-hybridized carbons (Fsp3) is 0.222. The number of nitrogens with two attached hydrogens (primary N) is 1. The third kappa shape index (κ3) is 2.72. The molecule has 1 fully saturated rings. The van der Waals surface area contributed by atoms with Crippen molar-refractivity contribution in [3.8, 4) is 0 Å². The second-order valence-electron chi connectivity index (χ2n) is 5.56. The van der Waals surface area contributed by atoms with Crippen molar-refractivity contribution in [2.75, 3.05) is 13.1 Å². The lowest BCUT2D eigenvalue weighted by Gasteiger charge is -2.18. The van der Waals surface area contributed by atoms with Crippen molar-refractivity contribution >= 4 is 11.8 Å². The molecule has 1 aliphatic rings. The van der Waals surface area contributed by atoms with Crippen LogP contribution in [-0.4, -0.2) is 29.8 Å². The van der Waals surface area contributed by atoms with E-state index in [9.17, 15) is 9.59 Å². The number of nitrogens with zero attached hydrogens (tertiary/aromatic N) is 1. The number of primary amides is 1. The Kier molecular flexibility index (Phi) is 3.92. The van der Waals surface area contributed by atoms with E-state index in [0.717, 1.165) is 6.42 Å². The molecule has 2 aromatic carbocycles. The molecule has 1 saturated heterocycles. The van der Waals surface area contributed by atoms with E-state index in [1.54, 1.807) is 29.2 Å². The first-order valence-corrected chi connectivity index (χ1v) is 7.40. The summed E-state index contributed by atoms with van der Waals surface area (Å²) in [5.74, 6) is -0.332. The molecule has 0 spiro atoms. The summed E-state index contributed by atoms with van der Waals surface area (Å²) in [6, 6.07) is 16.9. The van der Waals surface area contributed by atoms with Crippen LogP contribution in [0.5, 0.6) is 0 Å². The number of likely N-dealkylation sites (tertiary alicyclic amines) is 1. The SMILES string of the molecule is NC(=O)c1ccccc1C(=O)N1CC[C@@H](c2ccccc2)C1. The van der Waals surface area contributed by atoms with Gasteiger partial charge in [-0.15, -0.1) is 0 Å². The maximum Gasteiger partial charge on any atom is 0.254 e. The normalized spacial score (nSPS) is 17.5. The molecule has 2 N–H and O–H groups in total. The first-order chi connectivity index (χ1) is 10.7. The topological polar surface area (TPSA) is 63.4 Å². The number of benzene rings is 2. The monoisotopic (exact) mass is 294 g/mol. The second-order valence-corrected chi connectivity index (χ2v) is 5.56. The van der Waals surface area contributed by atoms with Gasteiger partial charge in [-0.3, -0.25) is 9.59 Å². The molecule has 1 aliphatic heterocycles. The number of rotatable bonds is 3. The van der Waals surface area contributed by atoms with Gasteiger partial charge in [-0.2, -0.15) is 0 Å². The van der Waals surface area contributed by atoms with E-state index in [2.05, 4.69) is 12.1 Å². The quantitative estimate of drug-likeness (QED) is 0.945. The van der Waals surface area contributed by atoms with Crippen molar-refractivity contribution < 1.29 is 9.59 Å². The van der Waals surface area contributed by atoms with Gasteiger partial charge in [-0.25, -0.2) is 0 Å². The number of hydrogen-bond acceptors (Lipinski definition) is 2. The highest BCUT2D eigenvalue weighted by atomic mass is 16.2. The molecule has 0 radical (unpaired) electrons.